The van der Waals surface area contributed by atoms with E-state index in [1.165, 1.54) is 37.1 Å². The third-order valence-corrected chi connectivity index (χ3v) is 4.28. The normalized spacial score (nSPS) is 17.5. The SMILES string of the molecule is COc1cc([N+](=O)[O-])ccc1NC(=O)CC1SCCNC1=O. The topological polar surface area (TPSA) is 111 Å². The van der Waals surface area contributed by atoms with Gasteiger partial charge in [0.15, 0.2) is 0 Å². The monoisotopic (exact) mass is 325 g/mol. The first-order chi connectivity index (χ1) is 10.5. The van der Waals surface area contributed by atoms with Gasteiger partial charge < -0.3 is 15.4 Å². The summed E-state index contributed by atoms with van der Waals surface area (Å²) in [4.78, 5) is 33.8. The predicted molar refractivity (Wildman–Crippen MR) is 82.2 cm³/mol. The first-order valence-electron chi connectivity index (χ1n) is 6.53. The number of benzene rings is 1. The number of carbonyl (C=O) groups is 2. The van der Waals surface area contributed by atoms with E-state index in [4.69, 9.17) is 4.74 Å². The van der Waals surface area contributed by atoms with Crippen LogP contribution in [0.25, 0.3) is 0 Å². The second kappa shape index (κ2) is 7.12. The zero-order chi connectivity index (χ0) is 16.1. The molecule has 2 rings (SSSR count). The van der Waals surface area contributed by atoms with Gasteiger partial charge in [0.05, 0.1) is 29.0 Å². The third kappa shape index (κ3) is 3.88. The first kappa shape index (κ1) is 16.1. The van der Waals surface area contributed by atoms with Crippen LogP contribution < -0.4 is 15.4 Å². The molecule has 1 aromatic rings. The van der Waals surface area contributed by atoms with E-state index in [2.05, 4.69) is 10.6 Å². The zero-order valence-electron chi connectivity index (χ0n) is 11.8. The van der Waals surface area contributed by atoms with Crippen LogP contribution in [0, 0.1) is 10.1 Å². The van der Waals surface area contributed by atoms with Gasteiger partial charge in [-0.1, -0.05) is 0 Å². The van der Waals surface area contributed by atoms with Crippen LogP contribution in [0.5, 0.6) is 5.75 Å². The first-order valence-corrected chi connectivity index (χ1v) is 7.57. The lowest BCUT2D eigenvalue weighted by Gasteiger charge is -2.21. The standard InChI is InChI=1S/C13H15N3O5S/c1-21-10-6-8(16(19)20)2-3-9(10)15-12(17)7-11-13(18)14-4-5-22-11/h2-3,6,11H,4-5,7H2,1H3,(H,14,18)(H,15,17). The quantitative estimate of drug-likeness (QED) is 0.621. The minimum Gasteiger partial charge on any atom is -0.494 e. The van der Waals surface area contributed by atoms with Crippen molar-refractivity contribution in [1.82, 2.24) is 5.32 Å². The van der Waals surface area contributed by atoms with E-state index in [0.29, 0.717) is 12.2 Å². The molecule has 1 unspecified atom stereocenters. The maximum atomic E-state index is 12.0. The number of nitro benzene ring substituents is 1. The number of nitrogens with one attached hydrogen (secondary N) is 2. The summed E-state index contributed by atoms with van der Waals surface area (Å²) in [6.45, 7) is 0.609. The van der Waals surface area contributed by atoms with Gasteiger partial charge in [0.2, 0.25) is 11.8 Å². The van der Waals surface area contributed by atoms with Crippen molar-refractivity contribution in [2.45, 2.75) is 11.7 Å². The molecule has 0 bridgehead atoms. The number of ether oxygens (including phenoxy) is 1. The molecule has 1 heterocycles. The Hall–Kier alpha value is -2.29. The number of anilines is 1. The number of non-ortho nitro benzene ring substituents is 1. The molecule has 1 aliphatic rings. The van der Waals surface area contributed by atoms with Crippen LogP contribution in [0.3, 0.4) is 0 Å². The van der Waals surface area contributed by atoms with Crippen molar-refractivity contribution in [1.29, 1.82) is 0 Å². The fraction of sp³-hybridized carbons (Fsp3) is 0.385. The molecule has 1 aliphatic heterocycles. The molecule has 1 fully saturated rings. The van der Waals surface area contributed by atoms with Crippen LogP contribution in [-0.4, -0.2) is 41.4 Å². The Morgan fingerprint density at radius 3 is 3.00 bits per heavy atom. The van der Waals surface area contributed by atoms with Gasteiger partial charge in [-0.3, -0.25) is 19.7 Å². The highest BCUT2D eigenvalue weighted by Crippen LogP contribution is 2.29. The summed E-state index contributed by atoms with van der Waals surface area (Å²) >= 11 is 1.43. The van der Waals surface area contributed by atoms with Crippen LogP contribution in [0.2, 0.25) is 0 Å². The third-order valence-electron chi connectivity index (χ3n) is 3.05. The van der Waals surface area contributed by atoms with Crippen LogP contribution in [0.15, 0.2) is 18.2 Å². The molecule has 1 saturated heterocycles. The van der Waals surface area contributed by atoms with Crippen LogP contribution in [0.1, 0.15) is 6.42 Å². The Kier molecular flexibility index (Phi) is 5.21. The molecular weight excluding hydrogens is 310 g/mol. The minimum atomic E-state index is -0.545. The number of nitrogens with zero attached hydrogens (tertiary/aromatic N) is 1. The van der Waals surface area contributed by atoms with Crippen molar-refractivity contribution in [2.75, 3.05) is 24.7 Å². The van der Waals surface area contributed by atoms with Gasteiger partial charge in [0.1, 0.15) is 5.75 Å². The summed E-state index contributed by atoms with van der Waals surface area (Å²) < 4.78 is 5.04. The zero-order valence-corrected chi connectivity index (χ0v) is 12.6. The molecule has 0 aliphatic carbocycles. The maximum absolute atomic E-state index is 12.0. The van der Waals surface area contributed by atoms with Gasteiger partial charge in [0.25, 0.3) is 5.69 Å². The Labute approximate surface area is 130 Å². The second-order valence-electron chi connectivity index (χ2n) is 4.54. The Morgan fingerprint density at radius 2 is 2.36 bits per heavy atom. The molecule has 0 aromatic heterocycles. The summed E-state index contributed by atoms with van der Waals surface area (Å²) in [5.74, 6) is 0.469. The molecule has 8 nitrogen and oxygen atoms in total. The van der Waals surface area contributed by atoms with E-state index in [-0.39, 0.29) is 29.7 Å². The smallest absolute Gasteiger partial charge is 0.273 e. The minimum absolute atomic E-state index is 0.0383. The highest BCUT2D eigenvalue weighted by atomic mass is 32.2. The van der Waals surface area contributed by atoms with Gasteiger partial charge in [-0.2, -0.15) is 0 Å². The predicted octanol–water partition coefficient (Wildman–Crippen LogP) is 1.16. The van der Waals surface area contributed by atoms with Crippen LogP contribution >= 0.6 is 11.8 Å². The number of methoxy groups -OCH3 is 1. The van der Waals surface area contributed by atoms with Crippen LogP contribution in [-0.2, 0) is 9.59 Å². The van der Waals surface area contributed by atoms with Gasteiger partial charge in [-0.25, -0.2) is 0 Å². The fourth-order valence-corrected chi connectivity index (χ4v) is 2.99. The van der Waals surface area contributed by atoms with E-state index in [9.17, 15) is 19.7 Å². The van der Waals surface area contributed by atoms with Crippen molar-refractivity contribution in [3.63, 3.8) is 0 Å². The number of nitro groups is 1. The molecule has 0 radical (unpaired) electrons. The highest BCUT2D eigenvalue weighted by molar-refractivity contribution is 8.00. The average Bonchev–Trinajstić information content (AvgIpc) is 2.49. The lowest BCUT2D eigenvalue weighted by Crippen LogP contribution is -2.40. The lowest BCUT2D eigenvalue weighted by atomic mass is 10.2. The van der Waals surface area contributed by atoms with Crippen molar-refractivity contribution in [2.24, 2.45) is 0 Å². The highest BCUT2D eigenvalue weighted by Gasteiger charge is 2.25. The average molecular weight is 325 g/mol. The Balaban J connectivity index is 2.04. The molecule has 0 saturated carbocycles. The summed E-state index contributed by atoms with van der Waals surface area (Å²) in [7, 11) is 1.36. The molecular formula is C13H15N3O5S. The molecule has 9 heteroatoms. The number of hydrogen-bond acceptors (Lipinski definition) is 6. The largest absolute Gasteiger partial charge is 0.494 e. The summed E-state index contributed by atoms with van der Waals surface area (Å²) in [5, 5.41) is 15.6. The summed E-state index contributed by atoms with van der Waals surface area (Å²) in [6, 6.07) is 3.92. The van der Waals surface area contributed by atoms with E-state index < -0.39 is 10.2 Å². The maximum Gasteiger partial charge on any atom is 0.273 e. The van der Waals surface area contributed by atoms with Crippen molar-refractivity contribution >= 4 is 35.0 Å². The summed E-state index contributed by atoms with van der Waals surface area (Å²) in [5.41, 5.74) is 0.205. The number of amides is 2. The molecule has 118 valence electrons. The molecule has 1 atom stereocenters. The molecule has 1 aromatic carbocycles. The van der Waals surface area contributed by atoms with Crippen molar-refractivity contribution in [3.8, 4) is 5.75 Å². The van der Waals surface area contributed by atoms with E-state index >= 15 is 0 Å². The van der Waals surface area contributed by atoms with Crippen LogP contribution in [0.4, 0.5) is 11.4 Å². The van der Waals surface area contributed by atoms with E-state index in [1.807, 2.05) is 0 Å². The Bertz CT molecular complexity index is 607. The molecule has 2 amide bonds. The van der Waals surface area contributed by atoms with Crippen molar-refractivity contribution in [3.05, 3.63) is 28.3 Å². The number of carbonyl (C=O) groups excluding carboxylic acids is 2. The lowest BCUT2D eigenvalue weighted by molar-refractivity contribution is -0.384. The van der Waals surface area contributed by atoms with Gasteiger partial charge in [0, 0.05) is 24.8 Å². The second-order valence-corrected chi connectivity index (χ2v) is 5.86. The number of hydrogen-bond donors (Lipinski definition) is 2. The molecule has 2 N–H and O–H groups in total. The van der Waals surface area contributed by atoms with Gasteiger partial charge in [-0.05, 0) is 6.07 Å². The van der Waals surface area contributed by atoms with Gasteiger partial charge in [-0.15, -0.1) is 11.8 Å². The van der Waals surface area contributed by atoms with E-state index in [1.54, 1.807) is 0 Å². The number of rotatable bonds is 5. The molecule has 22 heavy (non-hydrogen) atoms. The number of thioether (sulfide) groups is 1. The Morgan fingerprint density at radius 1 is 1.59 bits per heavy atom. The molecule has 0 spiro atoms. The van der Waals surface area contributed by atoms with E-state index in [0.717, 1.165) is 5.75 Å². The fourth-order valence-electron chi connectivity index (χ4n) is 1.98. The van der Waals surface area contributed by atoms with Gasteiger partial charge >= 0.3 is 0 Å². The van der Waals surface area contributed by atoms with Crippen molar-refractivity contribution < 1.29 is 19.2 Å². The summed E-state index contributed by atoms with van der Waals surface area (Å²) in [6.07, 6.45) is 0.0383.